The monoisotopic (exact) mass is 425 g/mol. The summed E-state index contributed by atoms with van der Waals surface area (Å²) < 4.78 is 3.70. The van der Waals surface area contributed by atoms with Gasteiger partial charge in [0.15, 0.2) is 0 Å². The van der Waals surface area contributed by atoms with Gasteiger partial charge in [-0.25, -0.2) is 9.56 Å². The van der Waals surface area contributed by atoms with E-state index in [1.54, 1.807) is 0 Å². The van der Waals surface area contributed by atoms with Gasteiger partial charge < -0.3 is 9.80 Å². The molecule has 1 aromatic carbocycles. The first-order chi connectivity index (χ1) is 14.6. The minimum atomic E-state index is 1.02. The number of fused-ring (bicyclic) bond motifs is 2. The molecule has 30 heavy (non-hydrogen) atoms. The van der Waals surface area contributed by atoms with Gasteiger partial charge in [0.2, 0.25) is 5.36 Å². The average molecular weight is 426 g/mol. The maximum atomic E-state index is 4.94. The molecule has 0 saturated heterocycles. The van der Waals surface area contributed by atoms with E-state index >= 15 is 0 Å². The standard InChI is InChI=1S/C25H37N4S/c1-6-15-28(9-4)20-11-13-22-24(18-20)30-25-19-21(12-14-23(25)26-22)29(10-5)17-16-27(7-2)8-3/h11-14,18-19H,6-10,15-17H2,1-5H3/q+1. The van der Waals surface area contributed by atoms with Crippen molar-refractivity contribution in [1.82, 2.24) is 14.5 Å². The number of benzene rings is 2. The molecular formula is C25H37N4S+. The van der Waals surface area contributed by atoms with Crippen LogP contribution < -0.4 is 14.8 Å². The highest BCUT2D eigenvalue weighted by Gasteiger charge is 2.13. The second kappa shape index (κ2) is 10.9. The lowest BCUT2D eigenvalue weighted by Crippen LogP contribution is -2.35. The second-order valence-corrected chi connectivity index (χ2v) is 8.79. The highest BCUT2D eigenvalue weighted by molar-refractivity contribution is 7.21. The van der Waals surface area contributed by atoms with Gasteiger partial charge in [0.25, 0.3) is 0 Å². The topological polar surface area (TPSA) is 22.4 Å². The zero-order chi connectivity index (χ0) is 21.5. The van der Waals surface area contributed by atoms with E-state index in [0.29, 0.717) is 0 Å². The van der Waals surface area contributed by atoms with E-state index in [-0.39, 0.29) is 0 Å². The maximum Gasteiger partial charge on any atom is 0.201 e. The predicted molar refractivity (Wildman–Crippen MR) is 133 cm³/mol. The molecule has 3 rings (SSSR count). The number of likely N-dealkylation sites (N-methyl/N-ethyl adjacent to an activating group) is 2. The molecule has 0 fully saturated rings. The lowest BCUT2D eigenvalue weighted by molar-refractivity contribution is 0.310. The van der Waals surface area contributed by atoms with Gasteiger partial charge in [-0.1, -0.05) is 20.8 Å². The van der Waals surface area contributed by atoms with Gasteiger partial charge >= 0.3 is 0 Å². The van der Waals surface area contributed by atoms with E-state index in [2.05, 4.69) is 85.4 Å². The van der Waals surface area contributed by atoms with Crippen LogP contribution in [0.25, 0.3) is 20.8 Å². The van der Waals surface area contributed by atoms with Gasteiger partial charge in [0.1, 0.15) is 13.1 Å². The molecule has 0 spiro atoms. The molecule has 1 aliphatic heterocycles. The molecule has 1 aliphatic carbocycles. The van der Waals surface area contributed by atoms with Gasteiger partial charge in [-0.05, 0) is 51.2 Å². The summed E-state index contributed by atoms with van der Waals surface area (Å²) in [4.78, 5) is 11.2. The second-order valence-electron chi connectivity index (χ2n) is 7.70. The molecule has 0 bridgehead atoms. The Morgan fingerprint density at radius 2 is 1.70 bits per heavy atom. The summed E-state index contributed by atoms with van der Waals surface area (Å²) in [6.07, 6.45) is 1.16. The van der Waals surface area contributed by atoms with Crippen molar-refractivity contribution in [2.24, 2.45) is 0 Å². The first-order valence-corrected chi connectivity index (χ1v) is 12.3. The van der Waals surface area contributed by atoms with Crippen LogP contribution in [0, 0.1) is 0 Å². The summed E-state index contributed by atoms with van der Waals surface area (Å²) in [6, 6.07) is 13.4. The highest BCUT2D eigenvalue weighted by Crippen LogP contribution is 2.31. The molecule has 1 aromatic rings. The summed E-state index contributed by atoms with van der Waals surface area (Å²) in [7, 11) is 0. The molecule has 0 saturated carbocycles. The number of aromatic nitrogens is 1. The zero-order valence-corrected chi connectivity index (χ0v) is 20.1. The molecule has 162 valence electrons. The molecule has 0 radical (unpaired) electrons. The van der Waals surface area contributed by atoms with E-state index in [1.807, 2.05) is 11.3 Å². The quantitative estimate of drug-likeness (QED) is 0.345. The van der Waals surface area contributed by atoms with E-state index < -0.39 is 0 Å². The molecule has 0 N–H and O–H groups in total. The van der Waals surface area contributed by atoms with Crippen molar-refractivity contribution < 1.29 is 0 Å². The fourth-order valence-corrected chi connectivity index (χ4v) is 5.04. The van der Waals surface area contributed by atoms with Crippen LogP contribution >= 0.6 is 11.3 Å². The van der Waals surface area contributed by atoms with E-state index in [0.717, 1.165) is 63.4 Å². The maximum absolute atomic E-state index is 4.94. The van der Waals surface area contributed by atoms with Crippen LogP contribution in [0.1, 0.15) is 41.0 Å². The first-order valence-electron chi connectivity index (χ1n) is 11.5. The van der Waals surface area contributed by atoms with Crippen molar-refractivity contribution >= 4 is 27.2 Å². The minimum absolute atomic E-state index is 1.02. The van der Waals surface area contributed by atoms with E-state index in [9.17, 15) is 0 Å². The number of rotatable bonds is 10. The van der Waals surface area contributed by atoms with Crippen LogP contribution in [0.3, 0.4) is 0 Å². The Hall–Kier alpha value is -1.98. The van der Waals surface area contributed by atoms with Crippen LogP contribution in [-0.2, 0) is 0 Å². The largest absolute Gasteiger partial charge is 0.370 e. The van der Waals surface area contributed by atoms with Gasteiger partial charge in [0, 0.05) is 43.9 Å². The number of hydrogen-bond acceptors (Lipinski definition) is 4. The summed E-state index contributed by atoms with van der Waals surface area (Å²) >= 11 is 1.86. The molecule has 0 unspecified atom stereocenters. The Balaban J connectivity index is 1.98. The van der Waals surface area contributed by atoms with Crippen LogP contribution in [0.2, 0.25) is 0 Å². The zero-order valence-electron chi connectivity index (χ0n) is 19.3. The summed E-state index contributed by atoms with van der Waals surface area (Å²) in [5.41, 5.74) is 3.47. The van der Waals surface area contributed by atoms with Crippen molar-refractivity contribution in [2.45, 2.75) is 41.0 Å². The summed E-state index contributed by atoms with van der Waals surface area (Å²) in [6.45, 7) is 18.7. The van der Waals surface area contributed by atoms with Gasteiger partial charge in [-0.3, -0.25) is 0 Å². The molecule has 5 heteroatoms. The molecule has 4 nitrogen and oxygen atoms in total. The smallest absolute Gasteiger partial charge is 0.201 e. The highest BCUT2D eigenvalue weighted by atomic mass is 32.1. The fourth-order valence-electron chi connectivity index (χ4n) is 4.01. The Kier molecular flexibility index (Phi) is 8.23. The fraction of sp³-hybridized carbons (Fsp3) is 0.520. The number of hydrogen-bond donors (Lipinski definition) is 0. The van der Waals surface area contributed by atoms with Crippen molar-refractivity contribution in [3.63, 3.8) is 0 Å². The molecular weight excluding hydrogens is 388 g/mol. The van der Waals surface area contributed by atoms with Crippen LogP contribution in [0.5, 0.6) is 0 Å². The third kappa shape index (κ3) is 5.19. The predicted octanol–water partition coefficient (Wildman–Crippen LogP) is 4.77. The van der Waals surface area contributed by atoms with E-state index in [1.165, 1.54) is 20.6 Å². The SMILES string of the molecule is CCC[N+](CC)=c1ccc2nc3ccc(N(CC)CCN(CC)CC)cc3sc-2c1. The average Bonchev–Trinajstić information content (AvgIpc) is 2.78. The Bertz CT molecular complexity index is 990. The van der Waals surface area contributed by atoms with Crippen LogP contribution in [-0.4, -0.2) is 55.7 Å². The molecule has 0 atom stereocenters. The normalized spacial score (nSPS) is 12.7. The Morgan fingerprint density at radius 1 is 0.900 bits per heavy atom. The van der Waals surface area contributed by atoms with Crippen LogP contribution in [0.4, 0.5) is 5.69 Å². The molecule has 2 aliphatic rings. The van der Waals surface area contributed by atoms with Crippen molar-refractivity contribution in [3.8, 4) is 10.6 Å². The molecule has 0 amide bonds. The lowest BCUT2D eigenvalue weighted by atomic mass is 10.2. The Morgan fingerprint density at radius 3 is 2.37 bits per heavy atom. The third-order valence-electron chi connectivity index (χ3n) is 5.92. The van der Waals surface area contributed by atoms with Crippen molar-refractivity contribution in [2.75, 3.05) is 50.7 Å². The Labute approximate surface area is 185 Å². The minimum Gasteiger partial charge on any atom is -0.370 e. The van der Waals surface area contributed by atoms with Gasteiger partial charge in [-0.15, -0.1) is 11.3 Å². The summed E-state index contributed by atoms with van der Waals surface area (Å²) in [5, 5.41) is 1.30. The number of nitrogens with zero attached hydrogens (tertiary/aromatic N) is 4. The van der Waals surface area contributed by atoms with Crippen LogP contribution in [0.15, 0.2) is 36.4 Å². The van der Waals surface area contributed by atoms with Gasteiger partial charge in [-0.2, -0.15) is 0 Å². The lowest BCUT2D eigenvalue weighted by Gasteiger charge is -2.27. The number of anilines is 1. The third-order valence-corrected chi connectivity index (χ3v) is 7.01. The van der Waals surface area contributed by atoms with Crippen molar-refractivity contribution in [3.05, 3.63) is 41.8 Å². The first kappa shape index (κ1) is 22.7. The van der Waals surface area contributed by atoms with Gasteiger partial charge in [0.05, 0.1) is 20.8 Å². The molecule has 0 aromatic heterocycles. The molecule has 1 heterocycles. The summed E-state index contributed by atoms with van der Waals surface area (Å²) in [5.74, 6) is 0. The van der Waals surface area contributed by atoms with Crippen molar-refractivity contribution in [1.29, 1.82) is 0 Å². The van der Waals surface area contributed by atoms with E-state index in [4.69, 9.17) is 4.98 Å².